The Bertz CT molecular complexity index is 1780. The van der Waals surface area contributed by atoms with Crippen molar-refractivity contribution < 1.29 is 68.1 Å². The third-order valence-corrected chi connectivity index (χ3v) is 9.42. The number of fused-ring (bicyclic) bond motifs is 6. The number of methoxy groups -OCH3 is 2. The number of aliphatic imine (C=N–C) groups is 1. The zero-order valence-corrected chi connectivity index (χ0v) is 27.4. The number of hydrogen-bond acceptors (Lipinski definition) is 15. The molecule has 0 bridgehead atoms. The van der Waals surface area contributed by atoms with Crippen molar-refractivity contribution >= 4 is 17.7 Å². The van der Waals surface area contributed by atoms with Gasteiger partial charge in [-0.25, -0.2) is 0 Å². The number of benzene rings is 2. The van der Waals surface area contributed by atoms with Crippen LogP contribution in [0.5, 0.6) is 28.7 Å². The summed E-state index contributed by atoms with van der Waals surface area (Å²) >= 11 is 0. The molecule has 2 aromatic carbocycles. The Morgan fingerprint density at radius 1 is 1.14 bits per heavy atom. The van der Waals surface area contributed by atoms with Gasteiger partial charge in [0.2, 0.25) is 12.0 Å². The van der Waals surface area contributed by atoms with Gasteiger partial charge >= 0.3 is 5.97 Å². The number of quaternary nitrogens is 1. The standard InChI is InChI=1S/C34H37N3O13/c1-35-33(48-24(40)10-23(38)39)32-27(42)26(41)28(43)34(50-32)47-17-8-16(12-37-11-15-6-7-36-20(15)13-37)25-22(9-17)46-14-19-18-4-5-21(44-2)31(45-3)30(18)49-29(19)25/h4-9,11,19,26-29,32-35,41-43H,10,12-14H2,1-3H3,(H,38,39)/t19-,26+,27+,28-,29-,32-,33-,34-/m1/s1. The van der Waals surface area contributed by atoms with Crippen LogP contribution in [0.25, 0.3) is 0 Å². The fourth-order valence-corrected chi connectivity index (χ4v) is 7.08. The van der Waals surface area contributed by atoms with Gasteiger partial charge in [-0.2, -0.15) is 0 Å². The fraction of sp³-hybridized carbons (Fsp3) is 0.441. The summed E-state index contributed by atoms with van der Waals surface area (Å²) < 4.78 is 41.3. The van der Waals surface area contributed by atoms with Crippen LogP contribution < -0.4 is 39.0 Å². The van der Waals surface area contributed by atoms with Gasteiger partial charge in [0.25, 0.3) is 0 Å². The highest BCUT2D eigenvalue weighted by atomic mass is 16.7. The topological polar surface area (TPSA) is 211 Å². The van der Waals surface area contributed by atoms with Crippen LogP contribution in [0.15, 0.2) is 53.3 Å². The maximum absolute atomic E-state index is 12.1. The molecule has 5 aliphatic heterocycles. The summed E-state index contributed by atoms with van der Waals surface area (Å²) in [5, 5.41) is 45.9. The summed E-state index contributed by atoms with van der Waals surface area (Å²) in [6.07, 6.45) is -5.33. The molecule has 1 unspecified atom stereocenters. The molecule has 16 heteroatoms. The highest BCUT2D eigenvalue weighted by Gasteiger charge is 2.50. The van der Waals surface area contributed by atoms with E-state index in [2.05, 4.69) is 16.5 Å². The minimum atomic E-state index is -1.78. The number of esters is 1. The molecule has 0 saturated carbocycles. The highest BCUT2D eigenvalue weighted by molar-refractivity contribution is 6.06. The molecular weight excluding hydrogens is 658 g/mol. The minimum absolute atomic E-state index is 0.152. The number of likely N-dealkylation sites (N-methyl/N-ethyl adjacent to an activating group) is 1. The molecule has 7 rings (SSSR count). The quantitative estimate of drug-likeness (QED) is 0.0977. The summed E-state index contributed by atoms with van der Waals surface area (Å²) in [7, 11) is 4.49. The lowest BCUT2D eigenvalue weighted by atomic mass is 9.86. The number of carboxylic acid groups (broad SMARTS) is 1. The maximum Gasteiger partial charge on any atom is 0.313 e. The second kappa shape index (κ2) is 13.5. The first kappa shape index (κ1) is 33.8. The van der Waals surface area contributed by atoms with Crippen molar-refractivity contribution in [3.63, 3.8) is 0 Å². The van der Waals surface area contributed by atoms with Crippen LogP contribution in [-0.2, 0) is 25.6 Å². The largest absolute Gasteiger partial charge is 0.550 e. The number of carbonyl (C=O) groups is 2. The summed E-state index contributed by atoms with van der Waals surface area (Å²) in [4.78, 5) is 28.5. The average Bonchev–Trinajstić information content (AvgIpc) is 3.80. The van der Waals surface area contributed by atoms with Crippen LogP contribution in [0.4, 0.5) is 0 Å². The first-order chi connectivity index (χ1) is 24.1. The first-order valence-electron chi connectivity index (χ1n) is 16.0. The predicted octanol–water partition coefficient (Wildman–Crippen LogP) is -2.02. The number of aliphatic hydroxyl groups excluding tert-OH is 3. The van der Waals surface area contributed by atoms with Crippen LogP contribution >= 0.6 is 0 Å². The molecule has 50 heavy (non-hydrogen) atoms. The molecule has 2 aromatic rings. The molecule has 16 nitrogen and oxygen atoms in total. The van der Waals surface area contributed by atoms with Crippen LogP contribution in [-0.4, -0.2) is 104 Å². The molecule has 1 fully saturated rings. The van der Waals surface area contributed by atoms with Gasteiger partial charge in [0.05, 0.1) is 44.7 Å². The Morgan fingerprint density at radius 3 is 2.68 bits per heavy atom. The Morgan fingerprint density at radius 2 is 1.96 bits per heavy atom. The Hall–Kier alpha value is -4.71. The molecule has 0 radical (unpaired) electrons. The molecule has 5 heterocycles. The van der Waals surface area contributed by atoms with Gasteiger partial charge in [0, 0.05) is 29.0 Å². The Labute approximate surface area is 286 Å². The van der Waals surface area contributed by atoms with Crippen molar-refractivity contribution in [1.29, 1.82) is 0 Å². The van der Waals surface area contributed by atoms with Gasteiger partial charge in [0.1, 0.15) is 67.0 Å². The molecule has 1 saturated heterocycles. The van der Waals surface area contributed by atoms with E-state index in [1.807, 2.05) is 18.2 Å². The second-order valence-electron chi connectivity index (χ2n) is 12.5. The number of carbonyl (C=O) groups excluding carboxylic acids is 2. The number of nitrogens with one attached hydrogen (secondary N) is 2. The van der Waals surface area contributed by atoms with Gasteiger partial charge < -0.3 is 58.4 Å². The molecule has 0 aromatic heterocycles. The van der Waals surface area contributed by atoms with E-state index in [0.717, 1.165) is 32.9 Å². The number of aliphatic carboxylic acids is 1. The van der Waals surface area contributed by atoms with Gasteiger partial charge in [-0.05, 0) is 25.3 Å². The summed E-state index contributed by atoms with van der Waals surface area (Å²) in [6, 6.07) is 7.20. The summed E-state index contributed by atoms with van der Waals surface area (Å²) in [5.41, 5.74) is 4.57. The third kappa shape index (κ3) is 6.03. The smallest absolute Gasteiger partial charge is 0.313 e. The first-order valence-corrected chi connectivity index (χ1v) is 16.0. The Balaban J connectivity index is 1.20. The van der Waals surface area contributed by atoms with Crippen molar-refractivity contribution in [1.82, 2.24) is 5.32 Å². The van der Waals surface area contributed by atoms with Crippen molar-refractivity contribution in [3.8, 4) is 28.7 Å². The fourth-order valence-electron chi connectivity index (χ4n) is 7.08. The predicted molar refractivity (Wildman–Crippen MR) is 168 cm³/mol. The van der Waals surface area contributed by atoms with Crippen LogP contribution in [0.2, 0.25) is 0 Å². The molecule has 0 aliphatic carbocycles. The number of rotatable bonds is 11. The van der Waals surface area contributed by atoms with Crippen LogP contribution in [0.1, 0.15) is 35.1 Å². The minimum Gasteiger partial charge on any atom is -0.550 e. The molecule has 5 N–H and O–H groups in total. The van der Waals surface area contributed by atoms with Gasteiger partial charge in [0.15, 0.2) is 17.7 Å². The normalized spacial score (nSPS) is 29.2. The lowest BCUT2D eigenvalue weighted by molar-refractivity contribution is -0.848. The van der Waals surface area contributed by atoms with Crippen molar-refractivity contribution in [2.45, 2.75) is 61.9 Å². The van der Waals surface area contributed by atoms with Gasteiger partial charge in [-0.3, -0.25) is 20.0 Å². The molecule has 0 spiro atoms. The zero-order valence-electron chi connectivity index (χ0n) is 27.4. The lowest BCUT2D eigenvalue weighted by Gasteiger charge is -2.42. The summed E-state index contributed by atoms with van der Waals surface area (Å²) in [5.74, 6) is -0.677. The van der Waals surface area contributed by atoms with Gasteiger partial charge in [-0.1, -0.05) is 6.07 Å². The van der Waals surface area contributed by atoms with E-state index in [1.165, 1.54) is 7.05 Å². The molecule has 9 atom stereocenters. The number of aliphatic hydroxyl groups is 3. The van der Waals surface area contributed by atoms with E-state index in [0.29, 0.717) is 36.1 Å². The van der Waals surface area contributed by atoms with Crippen molar-refractivity contribution in [2.24, 2.45) is 4.99 Å². The Kier molecular flexibility index (Phi) is 9.15. The molecule has 0 amide bonds. The monoisotopic (exact) mass is 695 g/mol. The number of allylic oxidation sites excluding steroid dienone is 1. The van der Waals surface area contributed by atoms with E-state index in [4.69, 9.17) is 33.2 Å². The second-order valence-corrected chi connectivity index (χ2v) is 12.5. The van der Waals surface area contributed by atoms with Crippen LogP contribution in [0.3, 0.4) is 0 Å². The number of carboxylic acids is 1. The van der Waals surface area contributed by atoms with E-state index < -0.39 is 61.4 Å². The van der Waals surface area contributed by atoms with E-state index in [-0.39, 0.29) is 18.3 Å². The lowest BCUT2D eigenvalue weighted by Crippen LogP contribution is -3.05. The van der Waals surface area contributed by atoms with E-state index in [1.54, 1.807) is 32.6 Å². The molecule has 5 aliphatic rings. The highest BCUT2D eigenvalue weighted by Crippen LogP contribution is 2.57. The van der Waals surface area contributed by atoms with Crippen molar-refractivity contribution in [3.05, 3.63) is 65.0 Å². The zero-order chi connectivity index (χ0) is 35.3. The number of nitrogens with zero attached hydrogens (tertiary/aromatic N) is 1. The van der Waals surface area contributed by atoms with Crippen LogP contribution in [0, 0.1) is 0 Å². The third-order valence-electron chi connectivity index (χ3n) is 9.42. The number of hydrogen-bond donors (Lipinski definition) is 5. The van der Waals surface area contributed by atoms with E-state index in [9.17, 15) is 30.0 Å². The van der Waals surface area contributed by atoms with E-state index >= 15 is 0 Å². The molecular formula is C34H37N3O13. The van der Waals surface area contributed by atoms with Gasteiger partial charge in [-0.15, -0.1) is 0 Å². The molecule has 266 valence electrons. The SMILES string of the molecule is CN[C@H](OC(=O)CC(=O)[O-])[C@@H]1O[C@@H](Oc2cc(C[NH+]3C=C4C=CN=C4C3)c3c(c2)OC[C@@H]2c4ccc(OC)c(OC)c4O[C@@H]32)[C@H](O)[C@@H](O)[C@@H]1O. The van der Waals surface area contributed by atoms with Crippen molar-refractivity contribution in [2.75, 3.05) is 34.4 Å². The number of ether oxygens (including phenoxy) is 7. The maximum atomic E-state index is 12.1. The summed E-state index contributed by atoms with van der Waals surface area (Å²) in [6.45, 7) is 1.42. The average molecular weight is 696 g/mol.